The van der Waals surface area contributed by atoms with E-state index in [1.807, 2.05) is 0 Å². The van der Waals surface area contributed by atoms with Gasteiger partial charge in [-0.05, 0) is 0 Å². The average molecular weight is 196 g/mol. The molecule has 0 radical (unpaired) electrons. The van der Waals surface area contributed by atoms with Gasteiger partial charge in [-0.15, -0.1) is 0 Å². The van der Waals surface area contributed by atoms with E-state index < -0.39 is 14.4 Å². The molecule has 1 atom stereocenters. The Labute approximate surface area is 59.3 Å². The predicted molar refractivity (Wildman–Crippen MR) is 34.1 cm³/mol. The van der Waals surface area contributed by atoms with Gasteiger partial charge in [0, 0.05) is 0 Å². The first kappa shape index (κ1) is 7.35. The molecule has 0 aromatic carbocycles. The molecule has 0 spiro atoms. The molecular formula is C5H11NO2Se. The van der Waals surface area contributed by atoms with Gasteiger partial charge in [0.25, 0.3) is 0 Å². The van der Waals surface area contributed by atoms with Crippen molar-refractivity contribution in [3.8, 4) is 0 Å². The summed E-state index contributed by atoms with van der Waals surface area (Å²) < 4.78 is 20.8. The maximum atomic E-state index is 10.5. The molecule has 9 heavy (non-hydrogen) atoms. The summed E-state index contributed by atoms with van der Waals surface area (Å²) in [5.41, 5.74) is 0. The molecule has 4 heteroatoms. The Balaban J connectivity index is 2.31. The molecule has 1 unspecified atom stereocenters. The van der Waals surface area contributed by atoms with Crippen molar-refractivity contribution in [2.24, 2.45) is 0 Å². The Morgan fingerprint density at radius 1 is 1.22 bits per heavy atom. The molecule has 1 N–H and O–H groups in total. The Bertz CT molecular complexity index is 112. The van der Waals surface area contributed by atoms with E-state index in [1.54, 1.807) is 3.92 Å². The van der Waals surface area contributed by atoms with Crippen molar-refractivity contribution in [3.05, 3.63) is 0 Å². The van der Waals surface area contributed by atoms with E-state index in [1.165, 1.54) is 6.42 Å². The number of hydrogen-bond acceptors (Lipinski definition) is 1. The minimum atomic E-state index is -2.55. The fourth-order valence-electron chi connectivity index (χ4n) is 1.02. The van der Waals surface area contributed by atoms with Gasteiger partial charge in [0.05, 0.1) is 0 Å². The molecule has 0 aromatic heterocycles. The summed E-state index contributed by atoms with van der Waals surface area (Å²) in [6.07, 6.45) is 3.39. The van der Waals surface area contributed by atoms with Crippen molar-refractivity contribution < 1.29 is 8.02 Å². The van der Waals surface area contributed by atoms with Gasteiger partial charge < -0.3 is 0 Å². The van der Waals surface area contributed by atoms with Crippen LogP contribution in [0, 0.1) is 0 Å². The maximum absolute atomic E-state index is 10.5. The standard InChI is InChI=1S/C5H11NO2Se/c7-9(8)6-4-2-1-3-5-6/h1-5H2,(H,7,8). The van der Waals surface area contributed by atoms with Crippen LogP contribution in [0.25, 0.3) is 0 Å². The van der Waals surface area contributed by atoms with E-state index in [0.29, 0.717) is 0 Å². The Kier molecular flexibility index (Phi) is 2.79. The summed E-state index contributed by atoms with van der Waals surface area (Å²) in [5.74, 6) is 0. The van der Waals surface area contributed by atoms with Crippen molar-refractivity contribution in [2.75, 3.05) is 13.1 Å². The molecule has 0 aromatic rings. The normalized spacial score (nSPS) is 25.9. The van der Waals surface area contributed by atoms with Gasteiger partial charge in [-0.1, -0.05) is 0 Å². The van der Waals surface area contributed by atoms with Crippen LogP contribution >= 0.6 is 0 Å². The Morgan fingerprint density at radius 2 is 1.78 bits per heavy atom. The van der Waals surface area contributed by atoms with Crippen LogP contribution in [0.5, 0.6) is 0 Å². The van der Waals surface area contributed by atoms with Gasteiger partial charge in [-0.2, -0.15) is 0 Å². The van der Waals surface area contributed by atoms with Crippen LogP contribution in [0.2, 0.25) is 0 Å². The van der Waals surface area contributed by atoms with Gasteiger partial charge in [0.2, 0.25) is 0 Å². The van der Waals surface area contributed by atoms with Crippen LogP contribution in [0.3, 0.4) is 0 Å². The van der Waals surface area contributed by atoms with Crippen LogP contribution in [-0.4, -0.2) is 35.6 Å². The van der Waals surface area contributed by atoms with Gasteiger partial charge in [0.15, 0.2) is 0 Å². The number of rotatable bonds is 1. The second-order valence-corrected chi connectivity index (χ2v) is 4.27. The number of nitrogens with zero attached hydrogens (tertiary/aromatic N) is 1. The molecule has 0 amide bonds. The predicted octanol–water partition coefficient (Wildman–Crippen LogP) is -0.120. The first-order valence-corrected chi connectivity index (χ1v) is 5.40. The van der Waals surface area contributed by atoms with Gasteiger partial charge in [0.1, 0.15) is 0 Å². The summed E-state index contributed by atoms with van der Waals surface area (Å²) in [6, 6.07) is 0. The molecule has 1 fully saturated rings. The van der Waals surface area contributed by atoms with Crippen molar-refractivity contribution in [3.63, 3.8) is 0 Å². The third-order valence-corrected chi connectivity index (χ3v) is 3.23. The summed E-state index contributed by atoms with van der Waals surface area (Å²) in [4.78, 5) is 0. The van der Waals surface area contributed by atoms with Crippen molar-refractivity contribution in [1.29, 1.82) is 0 Å². The molecule has 1 saturated heterocycles. The van der Waals surface area contributed by atoms with Crippen LogP contribution in [0.15, 0.2) is 0 Å². The monoisotopic (exact) mass is 197 g/mol. The quantitative estimate of drug-likeness (QED) is 0.594. The van der Waals surface area contributed by atoms with E-state index in [2.05, 4.69) is 0 Å². The summed E-state index contributed by atoms with van der Waals surface area (Å²) in [6.45, 7) is 1.65. The van der Waals surface area contributed by atoms with Crippen molar-refractivity contribution >= 4 is 14.4 Å². The number of piperidine rings is 1. The SMILES string of the molecule is O=[Se](O)N1CCCCC1. The Morgan fingerprint density at radius 3 is 2.11 bits per heavy atom. The number of hydrogen-bond donors (Lipinski definition) is 1. The van der Waals surface area contributed by atoms with Gasteiger partial charge in [-0.25, -0.2) is 0 Å². The molecular weight excluding hydrogens is 185 g/mol. The van der Waals surface area contributed by atoms with Crippen molar-refractivity contribution in [1.82, 2.24) is 3.92 Å². The fourth-order valence-corrected chi connectivity index (χ4v) is 2.22. The van der Waals surface area contributed by atoms with Crippen LogP contribution in [0.1, 0.15) is 19.3 Å². The zero-order valence-corrected chi connectivity index (χ0v) is 6.96. The van der Waals surface area contributed by atoms with Gasteiger partial charge >= 0.3 is 58.7 Å². The molecule has 1 aliphatic rings. The average Bonchev–Trinajstić information content (AvgIpc) is 1.90. The third kappa shape index (κ3) is 2.14. The van der Waals surface area contributed by atoms with E-state index in [-0.39, 0.29) is 0 Å². The van der Waals surface area contributed by atoms with Crippen molar-refractivity contribution in [2.45, 2.75) is 19.3 Å². The second-order valence-electron chi connectivity index (χ2n) is 2.22. The molecule has 0 aliphatic carbocycles. The Hall–Kier alpha value is 0.239. The van der Waals surface area contributed by atoms with E-state index in [4.69, 9.17) is 4.19 Å². The first-order chi connectivity index (χ1) is 4.30. The van der Waals surface area contributed by atoms with Crippen LogP contribution in [-0.2, 0) is 3.83 Å². The van der Waals surface area contributed by atoms with Gasteiger partial charge in [-0.3, -0.25) is 0 Å². The third-order valence-electron chi connectivity index (χ3n) is 1.54. The molecule has 3 nitrogen and oxygen atoms in total. The van der Waals surface area contributed by atoms with Crippen LogP contribution < -0.4 is 0 Å². The summed E-state index contributed by atoms with van der Waals surface area (Å²) in [5, 5.41) is 0. The van der Waals surface area contributed by atoms with Crippen LogP contribution in [0.4, 0.5) is 0 Å². The fraction of sp³-hybridized carbons (Fsp3) is 1.00. The summed E-state index contributed by atoms with van der Waals surface area (Å²) in [7, 11) is 0. The van der Waals surface area contributed by atoms with E-state index in [9.17, 15) is 3.83 Å². The first-order valence-electron chi connectivity index (χ1n) is 3.16. The van der Waals surface area contributed by atoms with E-state index in [0.717, 1.165) is 25.9 Å². The molecule has 1 rings (SSSR count). The zero-order chi connectivity index (χ0) is 6.69. The topological polar surface area (TPSA) is 40.5 Å². The molecule has 1 aliphatic heterocycles. The molecule has 0 bridgehead atoms. The molecule has 54 valence electrons. The van der Waals surface area contributed by atoms with E-state index >= 15 is 0 Å². The molecule has 1 heterocycles. The molecule has 0 saturated carbocycles. The summed E-state index contributed by atoms with van der Waals surface area (Å²) >= 11 is -2.55. The second kappa shape index (κ2) is 3.42. The zero-order valence-electron chi connectivity index (χ0n) is 5.25. The minimum absolute atomic E-state index is 0.824.